The van der Waals surface area contributed by atoms with Gasteiger partial charge in [0.1, 0.15) is 5.82 Å². The highest BCUT2D eigenvalue weighted by molar-refractivity contribution is 8.00. The van der Waals surface area contributed by atoms with Gasteiger partial charge in [0.05, 0.1) is 5.56 Å². The molecule has 0 heterocycles. The monoisotopic (exact) mass is 239 g/mol. The minimum Gasteiger partial charge on any atom is -0.351 e. The molecule has 0 atom stereocenters. The maximum atomic E-state index is 13.3. The fourth-order valence-electron chi connectivity index (χ4n) is 1.57. The number of rotatable bonds is 4. The highest BCUT2D eigenvalue weighted by Crippen LogP contribution is 2.46. The molecule has 86 valence electrons. The Bertz CT molecular complexity index is 404. The standard InChI is InChI=1S/C12H14FNOS/c1-16-12(6-7-12)8-14-11(15)9-4-2-3-5-10(9)13/h2-5H,6-8H2,1H3,(H,14,15). The summed E-state index contributed by atoms with van der Waals surface area (Å²) in [6.07, 6.45) is 4.31. The highest BCUT2D eigenvalue weighted by atomic mass is 32.2. The fourth-order valence-corrected chi connectivity index (χ4v) is 2.30. The summed E-state index contributed by atoms with van der Waals surface area (Å²) in [4.78, 5) is 11.7. The zero-order chi connectivity index (χ0) is 11.6. The predicted molar refractivity (Wildman–Crippen MR) is 64.2 cm³/mol. The molecule has 0 saturated heterocycles. The minimum absolute atomic E-state index is 0.124. The highest BCUT2D eigenvalue weighted by Gasteiger charge is 2.42. The van der Waals surface area contributed by atoms with Gasteiger partial charge in [-0.3, -0.25) is 4.79 Å². The van der Waals surface area contributed by atoms with Gasteiger partial charge in [-0.1, -0.05) is 12.1 Å². The Balaban J connectivity index is 1.96. The van der Waals surface area contributed by atoms with Crippen LogP contribution in [-0.4, -0.2) is 23.5 Å². The molecule has 2 rings (SSSR count). The minimum atomic E-state index is -0.464. The van der Waals surface area contributed by atoms with E-state index in [4.69, 9.17) is 0 Å². The molecule has 0 bridgehead atoms. The van der Waals surface area contributed by atoms with Gasteiger partial charge in [-0.15, -0.1) is 0 Å². The van der Waals surface area contributed by atoms with Crippen LogP contribution in [0.25, 0.3) is 0 Å². The Morgan fingerprint density at radius 2 is 2.19 bits per heavy atom. The fraction of sp³-hybridized carbons (Fsp3) is 0.417. The average Bonchev–Trinajstić information content (AvgIpc) is 3.07. The van der Waals surface area contributed by atoms with Gasteiger partial charge < -0.3 is 5.32 Å². The van der Waals surface area contributed by atoms with Crippen LogP contribution in [-0.2, 0) is 0 Å². The molecule has 1 amide bonds. The summed E-state index contributed by atoms with van der Waals surface area (Å²) in [6, 6.07) is 6.05. The molecule has 0 spiro atoms. The van der Waals surface area contributed by atoms with Gasteiger partial charge in [0.2, 0.25) is 0 Å². The number of nitrogens with one attached hydrogen (secondary N) is 1. The molecular formula is C12H14FNOS. The smallest absolute Gasteiger partial charge is 0.254 e. The van der Waals surface area contributed by atoms with Crippen molar-refractivity contribution in [3.63, 3.8) is 0 Å². The Kier molecular flexibility index (Phi) is 3.19. The lowest BCUT2D eigenvalue weighted by Crippen LogP contribution is -2.32. The third-order valence-electron chi connectivity index (χ3n) is 2.93. The maximum Gasteiger partial charge on any atom is 0.254 e. The van der Waals surface area contributed by atoms with Crippen molar-refractivity contribution < 1.29 is 9.18 Å². The van der Waals surface area contributed by atoms with E-state index >= 15 is 0 Å². The number of thioether (sulfide) groups is 1. The van der Waals surface area contributed by atoms with Crippen molar-refractivity contribution in [2.45, 2.75) is 17.6 Å². The van der Waals surface area contributed by atoms with Crippen molar-refractivity contribution in [3.05, 3.63) is 35.6 Å². The predicted octanol–water partition coefficient (Wildman–Crippen LogP) is 2.45. The lowest BCUT2D eigenvalue weighted by atomic mass is 10.2. The lowest BCUT2D eigenvalue weighted by molar-refractivity contribution is 0.0949. The number of benzene rings is 1. The van der Waals surface area contributed by atoms with E-state index in [1.165, 1.54) is 12.1 Å². The molecule has 1 aromatic rings. The average molecular weight is 239 g/mol. The third-order valence-corrected chi connectivity index (χ3v) is 4.35. The van der Waals surface area contributed by atoms with Crippen LogP contribution in [0.3, 0.4) is 0 Å². The first-order valence-electron chi connectivity index (χ1n) is 5.25. The van der Waals surface area contributed by atoms with E-state index in [9.17, 15) is 9.18 Å². The summed E-state index contributed by atoms with van der Waals surface area (Å²) in [6.45, 7) is 0.626. The van der Waals surface area contributed by atoms with Crippen LogP contribution < -0.4 is 5.32 Å². The van der Waals surface area contributed by atoms with Gasteiger partial charge in [0.25, 0.3) is 5.91 Å². The molecule has 4 heteroatoms. The van der Waals surface area contributed by atoms with Crippen LogP contribution in [0.4, 0.5) is 4.39 Å². The van der Waals surface area contributed by atoms with Crippen LogP contribution in [0.2, 0.25) is 0 Å². The summed E-state index contributed by atoms with van der Waals surface area (Å²) in [7, 11) is 0. The second-order valence-electron chi connectivity index (χ2n) is 4.05. The maximum absolute atomic E-state index is 13.3. The SMILES string of the molecule is CSC1(CNC(=O)c2ccccc2F)CC1. The van der Waals surface area contributed by atoms with E-state index in [-0.39, 0.29) is 16.2 Å². The second-order valence-corrected chi connectivity index (χ2v) is 5.32. The van der Waals surface area contributed by atoms with Crippen LogP contribution in [0, 0.1) is 5.82 Å². The van der Waals surface area contributed by atoms with E-state index in [0.717, 1.165) is 12.8 Å². The zero-order valence-electron chi connectivity index (χ0n) is 9.13. The molecule has 0 unspecified atom stereocenters. The van der Waals surface area contributed by atoms with Crippen molar-refractivity contribution in [1.29, 1.82) is 0 Å². The van der Waals surface area contributed by atoms with E-state index in [1.807, 2.05) is 6.26 Å². The molecule has 1 aromatic carbocycles. The normalized spacial score (nSPS) is 16.9. The van der Waals surface area contributed by atoms with Gasteiger partial charge in [0.15, 0.2) is 0 Å². The molecule has 1 aliphatic rings. The molecule has 1 saturated carbocycles. The Morgan fingerprint density at radius 1 is 1.50 bits per heavy atom. The van der Waals surface area contributed by atoms with Gasteiger partial charge in [0, 0.05) is 11.3 Å². The summed E-state index contributed by atoms with van der Waals surface area (Å²) in [5, 5.41) is 2.79. The van der Waals surface area contributed by atoms with Crippen molar-refractivity contribution in [2.24, 2.45) is 0 Å². The number of carbonyl (C=O) groups excluding carboxylic acids is 1. The first-order chi connectivity index (χ1) is 7.67. The summed E-state index contributed by atoms with van der Waals surface area (Å²) in [5.41, 5.74) is 0.124. The molecule has 0 aliphatic heterocycles. The second kappa shape index (κ2) is 4.45. The number of carbonyl (C=O) groups is 1. The van der Waals surface area contributed by atoms with Crippen molar-refractivity contribution in [3.8, 4) is 0 Å². The molecule has 1 N–H and O–H groups in total. The molecule has 2 nitrogen and oxygen atoms in total. The first-order valence-corrected chi connectivity index (χ1v) is 6.47. The number of hydrogen-bond donors (Lipinski definition) is 1. The van der Waals surface area contributed by atoms with Crippen LogP contribution in [0.1, 0.15) is 23.2 Å². The van der Waals surface area contributed by atoms with E-state index < -0.39 is 5.82 Å². The van der Waals surface area contributed by atoms with Gasteiger partial charge in [-0.05, 0) is 31.2 Å². The van der Waals surface area contributed by atoms with Crippen molar-refractivity contribution in [2.75, 3.05) is 12.8 Å². The molecule has 1 aliphatic carbocycles. The molecular weight excluding hydrogens is 225 g/mol. The van der Waals surface area contributed by atoms with E-state index in [2.05, 4.69) is 5.32 Å². The quantitative estimate of drug-likeness (QED) is 0.874. The number of halogens is 1. The van der Waals surface area contributed by atoms with Crippen LogP contribution in [0.15, 0.2) is 24.3 Å². The Hall–Kier alpha value is -1.03. The lowest BCUT2D eigenvalue weighted by Gasteiger charge is -2.13. The zero-order valence-corrected chi connectivity index (χ0v) is 9.94. The van der Waals surface area contributed by atoms with Gasteiger partial charge in [-0.2, -0.15) is 11.8 Å². The van der Waals surface area contributed by atoms with E-state index in [1.54, 1.807) is 23.9 Å². The topological polar surface area (TPSA) is 29.1 Å². The Labute approximate surface area is 98.6 Å². The molecule has 0 aromatic heterocycles. The number of hydrogen-bond acceptors (Lipinski definition) is 2. The molecule has 0 radical (unpaired) electrons. The van der Waals surface area contributed by atoms with Crippen LogP contribution >= 0.6 is 11.8 Å². The van der Waals surface area contributed by atoms with Crippen molar-refractivity contribution in [1.82, 2.24) is 5.32 Å². The summed E-state index contributed by atoms with van der Waals surface area (Å²) < 4.78 is 13.5. The Morgan fingerprint density at radius 3 is 2.75 bits per heavy atom. The van der Waals surface area contributed by atoms with Gasteiger partial charge >= 0.3 is 0 Å². The van der Waals surface area contributed by atoms with Gasteiger partial charge in [-0.25, -0.2) is 4.39 Å². The van der Waals surface area contributed by atoms with Crippen LogP contribution in [0.5, 0.6) is 0 Å². The third kappa shape index (κ3) is 2.38. The summed E-state index contributed by atoms with van der Waals surface area (Å²) in [5.74, 6) is -0.785. The van der Waals surface area contributed by atoms with E-state index in [0.29, 0.717) is 6.54 Å². The molecule has 16 heavy (non-hydrogen) atoms. The molecule has 1 fully saturated rings. The summed E-state index contributed by atoms with van der Waals surface area (Å²) >= 11 is 1.77. The van der Waals surface area contributed by atoms with Crippen molar-refractivity contribution >= 4 is 17.7 Å². The largest absolute Gasteiger partial charge is 0.351 e. The number of amides is 1. The first kappa shape index (κ1) is 11.5.